The molecule has 2 aromatic carbocycles. The van der Waals surface area contributed by atoms with Crippen LogP contribution >= 0.6 is 0 Å². The zero-order valence-electron chi connectivity index (χ0n) is 23.0. The molecule has 206 valence electrons. The second-order valence-electron chi connectivity index (χ2n) is 10.7. The second-order valence-corrected chi connectivity index (χ2v) is 10.7. The van der Waals surface area contributed by atoms with Gasteiger partial charge >= 0.3 is 6.03 Å². The molecule has 2 atom stereocenters. The average Bonchev–Trinajstić information content (AvgIpc) is 3.26. The van der Waals surface area contributed by atoms with Crippen LogP contribution in [0.15, 0.2) is 54.7 Å². The van der Waals surface area contributed by atoms with Crippen LogP contribution in [0.4, 0.5) is 10.5 Å². The first-order chi connectivity index (χ1) is 19.3. The number of aromatic nitrogens is 3. The molecule has 40 heavy (non-hydrogen) atoms. The number of para-hydroxylation sites is 1. The molecule has 2 fully saturated rings. The molecule has 2 N–H and O–H groups in total. The lowest BCUT2D eigenvalue weighted by Gasteiger charge is -2.20. The van der Waals surface area contributed by atoms with Gasteiger partial charge in [-0.25, -0.2) is 9.78 Å². The Labute approximate surface area is 232 Å². The van der Waals surface area contributed by atoms with E-state index in [1.165, 1.54) is 4.90 Å². The molecule has 10 heteroatoms. The number of aromatic amines is 1. The van der Waals surface area contributed by atoms with Crippen molar-refractivity contribution in [1.82, 2.24) is 25.0 Å². The number of benzene rings is 2. The number of urea groups is 1. The molecule has 2 aromatic heterocycles. The number of fused-ring (bicyclic) bond motifs is 1. The molecule has 2 unspecified atom stereocenters. The number of nitrogens with one attached hydrogen (secondary N) is 2. The minimum absolute atomic E-state index is 0.0829. The Hall–Kier alpha value is -4.44. The van der Waals surface area contributed by atoms with Crippen LogP contribution in [0.1, 0.15) is 23.2 Å². The predicted octanol–water partition coefficient (Wildman–Crippen LogP) is 4.65. The summed E-state index contributed by atoms with van der Waals surface area (Å²) in [7, 11) is 6.75. The van der Waals surface area contributed by atoms with Gasteiger partial charge in [0.15, 0.2) is 5.65 Å². The van der Waals surface area contributed by atoms with E-state index >= 15 is 0 Å². The molecule has 10 nitrogen and oxygen atoms in total. The highest BCUT2D eigenvalue weighted by Crippen LogP contribution is 2.54. The molecule has 2 aliphatic rings. The van der Waals surface area contributed by atoms with Gasteiger partial charge in [0.25, 0.3) is 5.91 Å². The average molecular weight is 541 g/mol. The lowest BCUT2D eigenvalue weighted by molar-refractivity contribution is 0.0828. The number of nitrogens with zero attached hydrogens (tertiary/aromatic N) is 4. The van der Waals surface area contributed by atoms with Crippen molar-refractivity contribution in [3.05, 3.63) is 60.3 Å². The van der Waals surface area contributed by atoms with Gasteiger partial charge in [0, 0.05) is 62.4 Å². The standard InChI is InChI=1S/C30H32N6O4/c1-35(2)28(37)21-13-18(9-10-23(21)32-29(38)36-12-11-30(17-36)15-25(30)40-4)19-14-22-26(33-34-27(22)31-16-19)20-7-5-6-8-24(20)39-3/h5-10,13-14,16,25H,11-12,15,17H2,1-4H3,(H,32,38)(H,31,33,34). The van der Waals surface area contributed by atoms with E-state index in [1.807, 2.05) is 41.3 Å². The van der Waals surface area contributed by atoms with Crippen molar-refractivity contribution in [3.63, 3.8) is 0 Å². The molecular formula is C30H32N6O4. The van der Waals surface area contributed by atoms with Gasteiger partial charge in [-0.2, -0.15) is 5.10 Å². The molecule has 0 radical (unpaired) electrons. The Morgan fingerprint density at radius 3 is 2.70 bits per heavy atom. The van der Waals surface area contributed by atoms with Crippen molar-refractivity contribution in [3.8, 4) is 28.1 Å². The van der Waals surface area contributed by atoms with Crippen molar-refractivity contribution in [2.45, 2.75) is 18.9 Å². The number of anilines is 1. The highest BCUT2D eigenvalue weighted by atomic mass is 16.5. The fourth-order valence-electron chi connectivity index (χ4n) is 5.69. The first-order valence-corrected chi connectivity index (χ1v) is 13.3. The molecule has 4 aromatic rings. The van der Waals surface area contributed by atoms with Gasteiger partial charge in [-0.05, 0) is 48.7 Å². The van der Waals surface area contributed by atoms with Gasteiger partial charge in [-0.1, -0.05) is 18.2 Å². The van der Waals surface area contributed by atoms with Gasteiger partial charge in [-0.15, -0.1) is 0 Å². The third kappa shape index (κ3) is 4.44. The summed E-state index contributed by atoms with van der Waals surface area (Å²) in [6, 6.07) is 15.0. The largest absolute Gasteiger partial charge is 0.496 e. The highest BCUT2D eigenvalue weighted by molar-refractivity contribution is 6.04. The van der Waals surface area contributed by atoms with Gasteiger partial charge in [0.2, 0.25) is 0 Å². The summed E-state index contributed by atoms with van der Waals surface area (Å²) in [5.41, 5.74) is 4.80. The fraction of sp³-hybridized carbons (Fsp3) is 0.333. The van der Waals surface area contributed by atoms with Crippen molar-refractivity contribution in [1.29, 1.82) is 0 Å². The van der Waals surface area contributed by atoms with Crippen molar-refractivity contribution >= 4 is 28.7 Å². The molecular weight excluding hydrogens is 508 g/mol. The zero-order chi connectivity index (χ0) is 28.0. The molecule has 0 bridgehead atoms. The Balaban J connectivity index is 1.32. The number of hydrogen-bond acceptors (Lipinski definition) is 6. The third-order valence-electron chi connectivity index (χ3n) is 8.08. The van der Waals surface area contributed by atoms with E-state index in [4.69, 9.17) is 9.47 Å². The van der Waals surface area contributed by atoms with Gasteiger partial charge in [0.1, 0.15) is 11.4 Å². The lowest BCUT2D eigenvalue weighted by atomic mass is 10.0. The minimum Gasteiger partial charge on any atom is -0.496 e. The van der Waals surface area contributed by atoms with E-state index in [-0.39, 0.29) is 23.5 Å². The van der Waals surface area contributed by atoms with Gasteiger partial charge < -0.3 is 24.6 Å². The maximum atomic E-state index is 13.2. The van der Waals surface area contributed by atoms with Crippen LogP contribution in [-0.4, -0.2) is 84.4 Å². The molecule has 3 heterocycles. The van der Waals surface area contributed by atoms with Crippen LogP contribution in [0.5, 0.6) is 5.75 Å². The zero-order valence-corrected chi connectivity index (χ0v) is 23.0. The number of carbonyl (C=O) groups excluding carboxylic acids is 2. The number of methoxy groups -OCH3 is 2. The normalized spacial score (nSPS) is 19.7. The second kappa shape index (κ2) is 9.95. The molecule has 6 rings (SSSR count). The van der Waals surface area contributed by atoms with Crippen LogP contribution < -0.4 is 10.1 Å². The number of carbonyl (C=O) groups is 2. The number of H-pyrrole nitrogens is 1. The summed E-state index contributed by atoms with van der Waals surface area (Å²) < 4.78 is 11.1. The van der Waals surface area contributed by atoms with Crippen LogP contribution in [0, 0.1) is 5.41 Å². The quantitative estimate of drug-likeness (QED) is 0.368. The van der Waals surface area contributed by atoms with Gasteiger partial charge in [-0.3, -0.25) is 9.89 Å². The Morgan fingerprint density at radius 1 is 1.12 bits per heavy atom. The van der Waals surface area contributed by atoms with E-state index in [0.717, 1.165) is 40.6 Å². The van der Waals surface area contributed by atoms with E-state index in [2.05, 4.69) is 20.5 Å². The summed E-state index contributed by atoms with van der Waals surface area (Å²) in [6.45, 7) is 1.34. The first kappa shape index (κ1) is 25.8. The minimum atomic E-state index is -0.206. The Morgan fingerprint density at radius 2 is 1.95 bits per heavy atom. The number of amides is 3. The highest BCUT2D eigenvalue weighted by Gasteiger charge is 2.58. The first-order valence-electron chi connectivity index (χ1n) is 13.3. The SMILES string of the molecule is COc1ccccc1-c1n[nH]c2ncc(-c3ccc(NC(=O)N4CCC5(CC5OC)C4)c(C(=O)N(C)C)c3)cc12. The van der Waals surface area contributed by atoms with Crippen LogP contribution in [-0.2, 0) is 4.74 Å². The summed E-state index contributed by atoms with van der Waals surface area (Å²) in [5.74, 6) is 0.507. The van der Waals surface area contributed by atoms with Gasteiger partial charge in [0.05, 0.1) is 24.5 Å². The van der Waals surface area contributed by atoms with E-state index in [0.29, 0.717) is 35.7 Å². The molecule has 1 aliphatic heterocycles. The Kier molecular flexibility index (Phi) is 6.42. The van der Waals surface area contributed by atoms with Crippen molar-refractivity contribution in [2.24, 2.45) is 5.41 Å². The number of pyridine rings is 1. The van der Waals surface area contributed by atoms with Crippen LogP contribution in [0.3, 0.4) is 0 Å². The fourth-order valence-corrected chi connectivity index (χ4v) is 5.69. The molecule has 1 saturated heterocycles. The summed E-state index contributed by atoms with van der Waals surface area (Å²) in [4.78, 5) is 34.3. The number of hydrogen-bond donors (Lipinski definition) is 2. The van der Waals surface area contributed by atoms with E-state index < -0.39 is 0 Å². The summed E-state index contributed by atoms with van der Waals surface area (Å²) in [6.07, 6.45) is 3.89. The third-order valence-corrected chi connectivity index (χ3v) is 8.08. The maximum Gasteiger partial charge on any atom is 0.321 e. The number of likely N-dealkylation sites (tertiary alicyclic amines) is 1. The summed E-state index contributed by atoms with van der Waals surface area (Å²) in [5, 5.41) is 11.3. The van der Waals surface area contributed by atoms with Crippen LogP contribution in [0.2, 0.25) is 0 Å². The maximum absolute atomic E-state index is 13.2. The molecule has 1 aliphatic carbocycles. The summed E-state index contributed by atoms with van der Waals surface area (Å²) >= 11 is 0. The van der Waals surface area contributed by atoms with Crippen molar-refractivity contribution in [2.75, 3.05) is 46.7 Å². The molecule has 1 spiro atoms. The van der Waals surface area contributed by atoms with E-state index in [1.54, 1.807) is 46.6 Å². The number of ether oxygens (including phenoxy) is 2. The molecule has 1 saturated carbocycles. The predicted molar refractivity (Wildman–Crippen MR) is 152 cm³/mol. The topological polar surface area (TPSA) is 113 Å². The Bertz CT molecular complexity index is 1620. The number of rotatable bonds is 6. The lowest BCUT2D eigenvalue weighted by Crippen LogP contribution is -2.34. The monoisotopic (exact) mass is 540 g/mol. The molecule has 3 amide bonds. The van der Waals surface area contributed by atoms with Crippen molar-refractivity contribution < 1.29 is 19.1 Å². The van der Waals surface area contributed by atoms with E-state index in [9.17, 15) is 9.59 Å². The van der Waals surface area contributed by atoms with Crippen LogP contribution in [0.25, 0.3) is 33.4 Å². The smallest absolute Gasteiger partial charge is 0.321 e.